The van der Waals surface area contributed by atoms with E-state index < -0.39 is 0 Å². The minimum absolute atomic E-state index is 0.176. The summed E-state index contributed by atoms with van der Waals surface area (Å²) in [5, 5.41) is 20.9. The van der Waals surface area contributed by atoms with Crippen LogP contribution in [0, 0.1) is 0 Å². The highest BCUT2D eigenvalue weighted by Crippen LogP contribution is 2.39. The number of benzene rings is 1. The second kappa shape index (κ2) is 16.9. The van der Waals surface area contributed by atoms with E-state index in [-0.39, 0.29) is 11.5 Å². The molecule has 0 aliphatic heterocycles. The minimum atomic E-state index is 0.176. The van der Waals surface area contributed by atoms with Crippen LogP contribution in [0.25, 0.3) is 0 Å². The fourth-order valence-electron chi connectivity index (χ4n) is 4.02. The first-order valence-corrected chi connectivity index (χ1v) is 12.4. The third kappa shape index (κ3) is 11.5. The lowest BCUT2D eigenvalue weighted by Gasteiger charge is -2.19. The maximum atomic E-state index is 10.6. The van der Waals surface area contributed by atoms with Crippen molar-refractivity contribution in [2.45, 2.75) is 103 Å². The fourth-order valence-corrected chi connectivity index (χ4v) is 4.02. The highest BCUT2D eigenvalue weighted by Gasteiger charge is 2.18. The first-order valence-electron chi connectivity index (χ1n) is 12.4. The van der Waals surface area contributed by atoms with Gasteiger partial charge < -0.3 is 19.8 Å². The van der Waals surface area contributed by atoms with Gasteiger partial charge in [-0.1, -0.05) is 70.4 Å². The van der Waals surface area contributed by atoms with E-state index in [1.54, 1.807) is 0 Å². The van der Waals surface area contributed by atoms with Crippen LogP contribution in [-0.4, -0.2) is 36.3 Å². The number of rotatable bonds is 18. The molecule has 0 unspecified atom stereocenters. The molecule has 0 aromatic heterocycles. The lowest BCUT2D eigenvalue weighted by atomic mass is 9.97. The lowest BCUT2D eigenvalue weighted by Crippen LogP contribution is -2.13. The molecule has 0 atom stereocenters. The van der Waals surface area contributed by atoms with Crippen molar-refractivity contribution in [3.8, 4) is 17.2 Å². The lowest BCUT2D eigenvalue weighted by molar-refractivity contribution is 0.353. The number of hydrogen-bond donors (Lipinski definition) is 2. The molecule has 0 fully saturated rings. The summed E-state index contributed by atoms with van der Waals surface area (Å²) in [6, 6.07) is 1.51. The summed E-state index contributed by atoms with van der Waals surface area (Å²) in [6.07, 6.45) is 22.0. The Hall–Kier alpha value is -1.68. The molecular formula is C27H47NO3. The van der Waals surface area contributed by atoms with Crippen molar-refractivity contribution in [1.29, 1.82) is 0 Å². The van der Waals surface area contributed by atoms with Crippen LogP contribution in [0.15, 0.2) is 18.2 Å². The first kappa shape index (κ1) is 27.4. The molecule has 0 spiro atoms. The summed E-state index contributed by atoms with van der Waals surface area (Å²) in [5.41, 5.74) is 1.63. The van der Waals surface area contributed by atoms with Crippen LogP contribution in [-0.2, 0) is 13.0 Å². The topological polar surface area (TPSA) is 52.9 Å². The molecule has 0 aliphatic carbocycles. The van der Waals surface area contributed by atoms with Crippen LogP contribution in [0.5, 0.6) is 17.2 Å². The Morgan fingerprint density at radius 2 is 1.35 bits per heavy atom. The Kier molecular flexibility index (Phi) is 15.0. The van der Waals surface area contributed by atoms with Gasteiger partial charge in [0.1, 0.15) is 5.75 Å². The second-order valence-electron chi connectivity index (χ2n) is 8.98. The van der Waals surface area contributed by atoms with Crippen LogP contribution in [0.4, 0.5) is 0 Å². The third-order valence-electron chi connectivity index (χ3n) is 5.84. The van der Waals surface area contributed by atoms with Gasteiger partial charge in [0.25, 0.3) is 0 Å². The molecule has 0 saturated carbocycles. The molecule has 4 nitrogen and oxygen atoms in total. The Bertz CT molecular complexity index is 625. The van der Waals surface area contributed by atoms with Gasteiger partial charge in [0.15, 0.2) is 11.5 Å². The van der Waals surface area contributed by atoms with Gasteiger partial charge in [0, 0.05) is 23.7 Å². The molecule has 0 heterocycles. The number of methoxy groups -OCH3 is 1. The van der Waals surface area contributed by atoms with E-state index in [9.17, 15) is 10.2 Å². The van der Waals surface area contributed by atoms with Crippen molar-refractivity contribution >= 4 is 0 Å². The molecule has 0 radical (unpaired) electrons. The smallest absolute Gasteiger partial charge is 0.164 e. The second-order valence-corrected chi connectivity index (χ2v) is 8.98. The van der Waals surface area contributed by atoms with E-state index in [4.69, 9.17) is 4.74 Å². The number of nitrogens with zero attached hydrogens (tertiary/aromatic N) is 1. The number of unbranched alkanes of at least 4 members (excludes halogenated alkanes) is 11. The van der Waals surface area contributed by atoms with E-state index in [2.05, 4.69) is 19.1 Å². The van der Waals surface area contributed by atoms with E-state index in [1.165, 1.54) is 83.8 Å². The first-order chi connectivity index (χ1) is 15.0. The van der Waals surface area contributed by atoms with Crippen molar-refractivity contribution in [2.24, 2.45) is 0 Å². The molecular weight excluding hydrogens is 386 g/mol. The molecule has 0 amide bonds. The van der Waals surface area contributed by atoms with E-state index >= 15 is 0 Å². The average molecular weight is 434 g/mol. The number of allylic oxidation sites excluding steroid dienone is 2. The van der Waals surface area contributed by atoms with Crippen molar-refractivity contribution < 1.29 is 14.9 Å². The highest BCUT2D eigenvalue weighted by molar-refractivity contribution is 5.56. The Morgan fingerprint density at radius 3 is 1.90 bits per heavy atom. The molecule has 1 aromatic rings. The van der Waals surface area contributed by atoms with Gasteiger partial charge in [-0.05, 0) is 52.6 Å². The zero-order valence-electron chi connectivity index (χ0n) is 20.6. The van der Waals surface area contributed by atoms with Crippen molar-refractivity contribution in [3.63, 3.8) is 0 Å². The van der Waals surface area contributed by atoms with Crippen molar-refractivity contribution in [1.82, 2.24) is 4.90 Å². The van der Waals surface area contributed by atoms with Gasteiger partial charge in [-0.2, -0.15) is 0 Å². The normalized spacial score (nSPS) is 11.6. The molecule has 0 aliphatic rings. The van der Waals surface area contributed by atoms with Crippen molar-refractivity contribution in [3.05, 3.63) is 29.3 Å². The number of hydrogen-bond acceptors (Lipinski definition) is 4. The quantitative estimate of drug-likeness (QED) is 0.144. The summed E-state index contributed by atoms with van der Waals surface area (Å²) >= 11 is 0. The van der Waals surface area contributed by atoms with Crippen LogP contribution in [0.3, 0.4) is 0 Å². The Balaban J connectivity index is 2.23. The van der Waals surface area contributed by atoms with Gasteiger partial charge >= 0.3 is 0 Å². The van der Waals surface area contributed by atoms with Crippen LogP contribution in [0.1, 0.15) is 102 Å². The molecule has 31 heavy (non-hydrogen) atoms. The molecule has 0 saturated heterocycles. The fraction of sp³-hybridized carbons (Fsp3) is 0.704. The van der Waals surface area contributed by atoms with Gasteiger partial charge in [0.2, 0.25) is 0 Å². The summed E-state index contributed by atoms with van der Waals surface area (Å²) in [7, 11) is 5.45. The molecule has 0 bridgehead atoms. The summed E-state index contributed by atoms with van der Waals surface area (Å²) in [5.74, 6) is 0.731. The van der Waals surface area contributed by atoms with Crippen LogP contribution >= 0.6 is 0 Å². The van der Waals surface area contributed by atoms with Crippen molar-refractivity contribution in [2.75, 3.05) is 21.2 Å². The number of ether oxygens (including phenoxy) is 1. The maximum absolute atomic E-state index is 10.6. The molecule has 178 valence electrons. The summed E-state index contributed by atoms with van der Waals surface area (Å²) in [6.45, 7) is 2.86. The largest absolute Gasteiger partial charge is 0.507 e. The Morgan fingerprint density at radius 1 is 0.806 bits per heavy atom. The Labute approximate surface area is 191 Å². The van der Waals surface area contributed by atoms with Crippen LogP contribution in [0.2, 0.25) is 0 Å². The zero-order chi connectivity index (χ0) is 22.9. The number of phenols is 2. The summed E-state index contributed by atoms with van der Waals surface area (Å²) < 4.78 is 5.23. The van der Waals surface area contributed by atoms with E-state index in [0.717, 1.165) is 30.4 Å². The third-order valence-corrected chi connectivity index (χ3v) is 5.84. The van der Waals surface area contributed by atoms with Gasteiger partial charge in [-0.25, -0.2) is 0 Å². The predicted molar refractivity (Wildman–Crippen MR) is 132 cm³/mol. The van der Waals surface area contributed by atoms with Gasteiger partial charge in [-0.15, -0.1) is 0 Å². The van der Waals surface area contributed by atoms with Gasteiger partial charge in [-0.3, -0.25) is 0 Å². The maximum Gasteiger partial charge on any atom is 0.164 e. The monoisotopic (exact) mass is 433 g/mol. The summed E-state index contributed by atoms with van der Waals surface area (Å²) in [4.78, 5) is 2.01. The highest BCUT2D eigenvalue weighted by atomic mass is 16.5. The standard InChI is InChI=1S/C27H47NO3/c1-5-6-7-8-9-10-11-12-13-14-15-16-17-18-19-20-23-24(22-28(2)3)25(29)21-26(31-4)27(23)30/h10-11,21,29-30H,5-9,12-20,22H2,1-4H3/b11-10+. The zero-order valence-corrected chi connectivity index (χ0v) is 20.6. The molecule has 2 N–H and O–H groups in total. The van der Waals surface area contributed by atoms with Crippen LogP contribution < -0.4 is 4.74 Å². The SMILES string of the molecule is CCCCCC/C=C/CCCCCCCCCc1c(O)c(OC)cc(O)c1CN(C)C. The molecule has 4 heteroatoms. The predicted octanol–water partition coefficient (Wildman–Crippen LogP) is 7.36. The number of aromatic hydroxyl groups is 2. The molecule has 1 aromatic carbocycles. The average Bonchev–Trinajstić information content (AvgIpc) is 2.74. The van der Waals surface area contributed by atoms with Gasteiger partial charge in [0.05, 0.1) is 7.11 Å². The van der Waals surface area contributed by atoms with E-state index in [0.29, 0.717) is 12.3 Å². The van der Waals surface area contributed by atoms with E-state index in [1.807, 2.05) is 19.0 Å². The minimum Gasteiger partial charge on any atom is -0.507 e. The number of phenolic OH excluding ortho intramolecular Hbond substituents is 2. The molecule has 1 rings (SSSR count).